The number of ether oxygens (including phenoxy) is 3. The van der Waals surface area contributed by atoms with E-state index in [1.165, 1.54) is 11.1 Å². The minimum atomic E-state index is -0.881. The molecule has 3 aliphatic heterocycles. The van der Waals surface area contributed by atoms with Crippen LogP contribution in [0.15, 0.2) is 60.8 Å². The highest BCUT2D eigenvalue weighted by molar-refractivity contribution is 6.30. The Bertz CT molecular complexity index is 1380. The highest BCUT2D eigenvalue weighted by Gasteiger charge is 2.48. The van der Waals surface area contributed by atoms with Crippen molar-refractivity contribution >= 4 is 11.6 Å². The number of aromatic nitrogens is 1. The summed E-state index contributed by atoms with van der Waals surface area (Å²) in [5, 5.41) is 12.5. The van der Waals surface area contributed by atoms with Gasteiger partial charge in [0.1, 0.15) is 24.7 Å². The maximum atomic E-state index is 11.8. The van der Waals surface area contributed by atoms with Crippen LogP contribution in [0.5, 0.6) is 11.5 Å². The van der Waals surface area contributed by atoms with Crippen LogP contribution in [0, 0.1) is 5.41 Å². The average molecular weight is 606 g/mol. The third-order valence-electron chi connectivity index (χ3n) is 9.62. The predicted octanol–water partition coefficient (Wildman–Crippen LogP) is 5.87. The van der Waals surface area contributed by atoms with E-state index < -0.39 is 5.60 Å². The van der Waals surface area contributed by atoms with Gasteiger partial charge in [-0.05, 0) is 73.3 Å². The minimum absolute atomic E-state index is 0.174. The molecule has 2 unspecified atom stereocenters. The smallest absolute Gasteiger partial charge is 0.131 e. The van der Waals surface area contributed by atoms with Crippen LogP contribution in [0.1, 0.15) is 61.4 Å². The maximum absolute atomic E-state index is 11.8. The lowest BCUT2D eigenvalue weighted by atomic mass is 9.66. The van der Waals surface area contributed by atoms with E-state index in [-0.39, 0.29) is 11.3 Å². The van der Waals surface area contributed by atoms with Crippen LogP contribution < -0.4 is 9.47 Å². The zero-order chi connectivity index (χ0) is 29.9. The van der Waals surface area contributed by atoms with Crippen molar-refractivity contribution in [3.8, 4) is 11.5 Å². The lowest BCUT2D eigenvalue weighted by molar-refractivity contribution is -0.125. The molecule has 0 bridgehead atoms. The SMILES string of the molecule is CC1(C)CN(CCCC2c3cc(OCCN4CCOCC4)ccc3OCc3ncccc32)CCC1(O)c1ccc(Cl)cc1. The number of aliphatic hydroxyl groups is 1. The lowest BCUT2D eigenvalue weighted by Gasteiger charge is -2.50. The van der Waals surface area contributed by atoms with Crippen LogP contribution in [0.3, 0.4) is 0 Å². The van der Waals surface area contributed by atoms with Gasteiger partial charge in [-0.15, -0.1) is 0 Å². The molecule has 7 nitrogen and oxygen atoms in total. The van der Waals surface area contributed by atoms with Crippen molar-refractivity contribution in [2.45, 2.75) is 51.2 Å². The number of rotatable bonds is 9. The molecular weight excluding hydrogens is 562 g/mol. The standard InChI is InChI=1S/C35H44ClN3O4/c1-34(2)25-39(16-13-35(34,40)26-7-9-27(36)10-8-26)15-4-6-29-30-5-3-14-37-32(30)24-43-33-12-11-28(23-31(29)33)42-22-19-38-17-20-41-21-18-38/h3,5,7-12,14,23,29,40H,4,6,13,15-22,24-25H2,1-2H3. The highest BCUT2D eigenvalue weighted by atomic mass is 35.5. The molecule has 2 saturated heterocycles. The quantitative estimate of drug-likeness (QED) is 0.327. The number of piperidine rings is 1. The van der Waals surface area contributed by atoms with Gasteiger partial charge in [0.15, 0.2) is 0 Å². The predicted molar refractivity (Wildman–Crippen MR) is 169 cm³/mol. The van der Waals surface area contributed by atoms with Gasteiger partial charge in [0, 0.05) is 60.8 Å². The molecule has 0 radical (unpaired) electrons. The summed E-state index contributed by atoms with van der Waals surface area (Å²) in [6, 6.07) is 18.2. The van der Waals surface area contributed by atoms with E-state index in [4.69, 9.17) is 25.8 Å². The molecule has 8 heteroatoms. The van der Waals surface area contributed by atoms with Crippen molar-refractivity contribution in [2.75, 3.05) is 59.1 Å². The van der Waals surface area contributed by atoms with Crippen LogP contribution in [0.4, 0.5) is 0 Å². The highest BCUT2D eigenvalue weighted by Crippen LogP contribution is 2.46. The van der Waals surface area contributed by atoms with Crippen LogP contribution in [-0.4, -0.2) is 79.0 Å². The molecule has 1 N–H and O–H groups in total. The number of halogens is 1. The van der Waals surface area contributed by atoms with Crippen molar-refractivity contribution in [1.29, 1.82) is 0 Å². The Morgan fingerprint density at radius 1 is 1.00 bits per heavy atom. The molecule has 6 rings (SSSR count). The number of benzene rings is 2. The second-order valence-electron chi connectivity index (χ2n) is 12.8. The van der Waals surface area contributed by atoms with E-state index in [9.17, 15) is 5.11 Å². The molecule has 4 heterocycles. The topological polar surface area (TPSA) is 67.3 Å². The molecule has 0 amide bonds. The Morgan fingerprint density at radius 3 is 2.60 bits per heavy atom. The fraction of sp³-hybridized carbons (Fsp3) is 0.514. The summed E-state index contributed by atoms with van der Waals surface area (Å²) in [5.41, 5.74) is 3.18. The largest absolute Gasteiger partial charge is 0.492 e. The Labute approximate surface area is 260 Å². The zero-order valence-electron chi connectivity index (χ0n) is 25.4. The summed E-state index contributed by atoms with van der Waals surface area (Å²) in [5.74, 6) is 1.97. The van der Waals surface area contributed by atoms with E-state index in [1.807, 2.05) is 42.6 Å². The molecule has 0 saturated carbocycles. The molecule has 0 spiro atoms. The molecule has 3 aromatic rings. The van der Waals surface area contributed by atoms with Gasteiger partial charge in [0.25, 0.3) is 0 Å². The average Bonchev–Trinajstić information content (AvgIpc) is 3.16. The molecule has 43 heavy (non-hydrogen) atoms. The van der Waals surface area contributed by atoms with Gasteiger partial charge in [-0.3, -0.25) is 9.88 Å². The van der Waals surface area contributed by atoms with E-state index in [0.717, 1.165) is 88.1 Å². The first-order chi connectivity index (χ1) is 20.8. The number of nitrogens with zero attached hydrogens (tertiary/aromatic N) is 3. The fourth-order valence-electron chi connectivity index (χ4n) is 7.05. The van der Waals surface area contributed by atoms with Gasteiger partial charge in [-0.2, -0.15) is 0 Å². The van der Waals surface area contributed by atoms with Gasteiger partial charge in [-0.1, -0.05) is 43.6 Å². The third kappa shape index (κ3) is 6.71. The second-order valence-corrected chi connectivity index (χ2v) is 13.2. The van der Waals surface area contributed by atoms with Crippen molar-refractivity contribution in [2.24, 2.45) is 5.41 Å². The summed E-state index contributed by atoms with van der Waals surface area (Å²) >= 11 is 6.13. The molecule has 3 aliphatic rings. The number of morpholine rings is 1. The Hall–Kier alpha value is -2.68. The van der Waals surface area contributed by atoms with Crippen molar-refractivity contribution < 1.29 is 19.3 Å². The van der Waals surface area contributed by atoms with E-state index in [2.05, 4.69) is 46.8 Å². The number of hydrogen-bond acceptors (Lipinski definition) is 7. The summed E-state index contributed by atoms with van der Waals surface area (Å²) in [7, 11) is 0. The summed E-state index contributed by atoms with van der Waals surface area (Å²) < 4.78 is 18.0. The van der Waals surface area contributed by atoms with E-state index >= 15 is 0 Å². The molecule has 230 valence electrons. The molecule has 1 aromatic heterocycles. The Kier molecular flexibility index (Phi) is 9.27. The monoisotopic (exact) mass is 605 g/mol. The van der Waals surface area contributed by atoms with Gasteiger partial charge in [-0.25, -0.2) is 0 Å². The first-order valence-electron chi connectivity index (χ1n) is 15.7. The number of hydrogen-bond donors (Lipinski definition) is 1. The van der Waals surface area contributed by atoms with Crippen molar-refractivity contribution in [1.82, 2.24) is 14.8 Å². The van der Waals surface area contributed by atoms with Gasteiger partial charge >= 0.3 is 0 Å². The van der Waals surface area contributed by atoms with Gasteiger partial charge < -0.3 is 24.2 Å². The lowest BCUT2D eigenvalue weighted by Crippen LogP contribution is -2.55. The van der Waals surface area contributed by atoms with Crippen molar-refractivity contribution in [3.63, 3.8) is 0 Å². The number of fused-ring (bicyclic) bond motifs is 2. The number of pyridine rings is 1. The summed E-state index contributed by atoms with van der Waals surface area (Å²) in [6.07, 6.45) is 4.55. The molecule has 2 aromatic carbocycles. The van der Waals surface area contributed by atoms with Crippen LogP contribution in [-0.2, 0) is 16.9 Å². The molecule has 2 atom stereocenters. The third-order valence-corrected chi connectivity index (χ3v) is 9.87. The number of likely N-dealkylation sites (tertiary alicyclic amines) is 1. The molecule has 0 aliphatic carbocycles. The zero-order valence-corrected chi connectivity index (χ0v) is 26.2. The van der Waals surface area contributed by atoms with E-state index in [1.54, 1.807) is 0 Å². The maximum Gasteiger partial charge on any atom is 0.131 e. The van der Waals surface area contributed by atoms with Crippen LogP contribution >= 0.6 is 11.6 Å². The van der Waals surface area contributed by atoms with Crippen molar-refractivity contribution in [3.05, 3.63) is 88.2 Å². The molecule has 2 fully saturated rings. The Balaban J connectivity index is 1.13. The molecular formula is C35H44ClN3O4. The Morgan fingerprint density at radius 2 is 1.81 bits per heavy atom. The fourth-order valence-corrected chi connectivity index (χ4v) is 7.17. The summed E-state index contributed by atoms with van der Waals surface area (Å²) in [6.45, 7) is 12.5. The summed E-state index contributed by atoms with van der Waals surface area (Å²) in [4.78, 5) is 9.58. The van der Waals surface area contributed by atoms with Crippen LogP contribution in [0.2, 0.25) is 5.02 Å². The second kappa shape index (κ2) is 13.1. The first-order valence-corrected chi connectivity index (χ1v) is 16.0. The van der Waals surface area contributed by atoms with Gasteiger partial charge in [0.05, 0.1) is 24.5 Å². The van der Waals surface area contributed by atoms with Crippen LogP contribution in [0.25, 0.3) is 0 Å². The minimum Gasteiger partial charge on any atom is -0.492 e. The first kappa shape index (κ1) is 30.4. The normalized spacial score (nSPS) is 24.0. The van der Waals surface area contributed by atoms with E-state index in [0.29, 0.717) is 24.7 Å². The van der Waals surface area contributed by atoms with Gasteiger partial charge in [0.2, 0.25) is 0 Å².